The number of aliphatic imine (C=N–C) groups is 1. The molecule has 2 heterocycles. The van der Waals surface area contributed by atoms with E-state index in [1.165, 1.54) is 0 Å². The molecule has 1 aromatic carbocycles. The molecule has 1 aliphatic rings. The zero-order valence-electron chi connectivity index (χ0n) is 8.42. The number of halogens is 1. The minimum absolute atomic E-state index is 0.839. The zero-order valence-corrected chi connectivity index (χ0v) is 10.6. The molecule has 0 spiro atoms. The molecule has 0 atom stereocenters. The number of anilines is 1. The van der Waals surface area contributed by atoms with E-state index in [1.54, 1.807) is 0 Å². The number of benzene rings is 1. The molecule has 0 aliphatic carbocycles. The van der Waals surface area contributed by atoms with Gasteiger partial charge in [0.2, 0.25) is 0 Å². The first kappa shape index (κ1) is 9.88. The SMILES string of the molecule is Ic1cc2cn[nH]c2cc1NC1=NCCN1. The molecule has 16 heavy (non-hydrogen) atoms. The molecule has 6 heteroatoms. The van der Waals surface area contributed by atoms with Gasteiger partial charge in [-0.05, 0) is 34.7 Å². The topological polar surface area (TPSA) is 65.1 Å². The molecule has 5 nitrogen and oxygen atoms in total. The molecule has 0 saturated carbocycles. The highest BCUT2D eigenvalue weighted by atomic mass is 127. The van der Waals surface area contributed by atoms with Gasteiger partial charge in [-0.3, -0.25) is 10.1 Å². The second-order valence-corrected chi connectivity index (χ2v) is 4.73. The number of H-pyrrole nitrogens is 1. The first-order chi connectivity index (χ1) is 7.83. The van der Waals surface area contributed by atoms with Crippen LogP contribution in [0.5, 0.6) is 0 Å². The minimum atomic E-state index is 0.839. The predicted octanol–water partition coefficient (Wildman–Crippen LogP) is 1.54. The van der Waals surface area contributed by atoms with Crippen LogP contribution in [0.3, 0.4) is 0 Å². The van der Waals surface area contributed by atoms with Crippen molar-refractivity contribution >= 4 is 45.1 Å². The number of hydrogen-bond acceptors (Lipinski definition) is 4. The summed E-state index contributed by atoms with van der Waals surface area (Å²) in [6, 6.07) is 4.14. The summed E-state index contributed by atoms with van der Waals surface area (Å²) in [6.45, 7) is 1.75. The smallest absolute Gasteiger partial charge is 0.195 e. The normalized spacial score (nSPS) is 14.9. The number of guanidine groups is 1. The van der Waals surface area contributed by atoms with Gasteiger partial charge in [0.05, 0.1) is 23.9 Å². The largest absolute Gasteiger partial charge is 0.354 e. The molecular formula is C10H10IN5. The van der Waals surface area contributed by atoms with Gasteiger partial charge in [0.25, 0.3) is 0 Å². The highest BCUT2D eigenvalue weighted by molar-refractivity contribution is 14.1. The monoisotopic (exact) mass is 327 g/mol. The predicted molar refractivity (Wildman–Crippen MR) is 72.7 cm³/mol. The Kier molecular flexibility index (Phi) is 2.43. The zero-order chi connectivity index (χ0) is 11.0. The Morgan fingerprint density at radius 2 is 2.31 bits per heavy atom. The van der Waals surface area contributed by atoms with Gasteiger partial charge in [-0.25, -0.2) is 0 Å². The van der Waals surface area contributed by atoms with Gasteiger partial charge in [0.15, 0.2) is 5.96 Å². The molecule has 0 saturated heterocycles. The van der Waals surface area contributed by atoms with Gasteiger partial charge in [-0.2, -0.15) is 5.10 Å². The third-order valence-corrected chi connectivity index (χ3v) is 3.35. The average Bonchev–Trinajstić information content (AvgIpc) is 2.89. The maximum atomic E-state index is 4.31. The van der Waals surface area contributed by atoms with Crippen LogP contribution in [-0.2, 0) is 0 Å². The van der Waals surface area contributed by atoms with E-state index < -0.39 is 0 Å². The van der Waals surface area contributed by atoms with Crippen molar-refractivity contribution in [1.29, 1.82) is 0 Å². The maximum absolute atomic E-state index is 4.31. The van der Waals surface area contributed by atoms with E-state index in [0.717, 1.165) is 39.2 Å². The quantitative estimate of drug-likeness (QED) is 0.696. The Labute approximate surface area is 106 Å². The lowest BCUT2D eigenvalue weighted by atomic mass is 10.2. The molecule has 2 aromatic rings. The maximum Gasteiger partial charge on any atom is 0.195 e. The average molecular weight is 327 g/mol. The van der Waals surface area contributed by atoms with Crippen molar-refractivity contribution in [3.8, 4) is 0 Å². The lowest BCUT2D eigenvalue weighted by Crippen LogP contribution is -2.26. The van der Waals surface area contributed by atoms with Crippen molar-refractivity contribution in [3.63, 3.8) is 0 Å². The van der Waals surface area contributed by atoms with E-state index >= 15 is 0 Å². The summed E-state index contributed by atoms with van der Waals surface area (Å²) >= 11 is 2.31. The highest BCUT2D eigenvalue weighted by Gasteiger charge is 2.08. The molecule has 0 unspecified atom stereocenters. The van der Waals surface area contributed by atoms with Gasteiger partial charge in [-0.1, -0.05) is 0 Å². The van der Waals surface area contributed by atoms with Gasteiger partial charge in [-0.15, -0.1) is 0 Å². The Balaban J connectivity index is 1.98. The lowest BCUT2D eigenvalue weighted by Gasteiger charge is -2.08. The minimum Gasteiger partial charge on any atom is -0.354 e. The van der Waals surface area contributed by atoms with E-state index in [9.17, 15) is 0 Å². The fourth-order valence-electron chi connectivity index (χ4n) is 1.67. The van der Waals surface area contributed by atoms with Crippen molar-refractivity contribution in [2.45, 2.75) is 0 Å². The van der Waals surface area contributed by atoms with Crippen molar-refractivity contribution < 1.29 is 0 Å². The number of nitrogens with zero attached hydrogens (tertiary/aromatic N) is 2. The summed E-state index contributed by atoms with van der Waals surface area (Å²) in [5.74, 6) is 0.844. The Morgan fingerprint density at radius 3 is 3.12 bits per heavy atom. The van der Waals surface area contributed by atoms with Gasteiger partial charge in [0, 0.05) is 15.5 Å². The second-order valence-electron chi connectivity index (χ2n) is 3.57. The standard InChI is InChI=1S/C10H10IN5/c11-7-3-6-5-14-16-8(6)4-9(7)15-10-12-1-2-13-10/h3-5H,1-2H2,(H,14,16)(H2,12,13,15). The third kappa shape index (κ3) is 1.73. The van der Waals surface area contributed by atoms with Crippen LogP contribution >= 0.6 is 22.6 Å². The third-order valence-electron chi connectivity index (χ3n) is 2.46. The van der Waals surface area contributed by atoms with Crippen LogP contribution in [-0.4, -0.2) is 29.2 Å². The van der Waals surface area contributed by atoms with Crippen LogP contribution in [0.2, 0.25) is 0 Å². The Hall–Kier alpha value is -1.31. The number of fused-ring (bicyclic) bond motifs is 1. The molecule has 3 N–H and O–H groups in total. The number of nitrogens with one attached hydrogen (secondary N) is 3. The molecule has 0 amide bonds. The van der Waals surface area contributed by atoms with Crippen molar-refractivity contribution in [2.75, 3.05) is 18.4 Å². The molecule has 3 rings (SSSR count). The fourth-order valence-corrected chi connectivity index (χ4v) is 2.29. The van der Waals surface area contributed by atoms with Gasteiger partial charge in [0.1, 0.15) is 0 Å². The lowest BCUT2D eigenvalue weighted by molar-refractivity contribution is 0.959. The highest BCUT2D eigenvalue weighted by Crippen LogP contribution is 2.24. The summed E-state index contributed by atoms with van der Waals surface area (Å²) < 4.78 is 1.16. The molecule has 0 fully saturated rings. The van der Waals surface area contributed by atoms with E-state index in [2.05, 4.69) is 54.5 Å². The molecule has 1 aliphatic heterocycles. The van der Waals surface area contributed by atoms with Gasteiger partial charge < -0.3 is 10.6 Å². The Morgan fingerprint density at radius 1 is 1.38 bits per heavy atom. The van der Waals surface area contributed by atoms with Gasteiger partial charge >= 0.3 is 0 Å². The van der Waals surface area contributed by atoms with Crippen molar-refractivity contribution in [2.24, 2.45) is 4.99 Å². The van der Waals surface area contributed by atoms with Crippen LogP contribution in [0.25, 0.3) is 10.9 Å². The van der Waals surface area contributed by atoms with Crippen LogP contribution in [0.15, 0.2) is 23.3 Å². The summed E-state index contributed by atoms with van der Waals surface area (Å²) in [5, 5.41) is 14.6. The molecule has 0 radical (unpaired) electrons. The first-order valence-corrected chi connectivity index (χ1v) is 6.09. The Bertz CT molecular complexity index is 559. The molecule has 1 aromatic heterocycles. The summed E-state index contributed by atoms with van der Waals surface area (Å²) in [7, 11) is 0. The molecular weight excluding hydrogens is 317 g/mol. The summed E-state index contributed by atoms with van der Waals surface area (Å²) in [4.78, 5) is 4.31. The molecule has 0 bridgehead atoms. The first-order valence-electron chi connectivity index (χ1n) is 5.01. The van der Waals surface area contributed by atoms with Crippen LogP contribution in [0.4, 0.5) is 5.69 Å². The second kappa shape index (κ2) is 3.93. The molecule has 82 valence electrons. The van der Waals surface area contributed by atoms with Crippen molar-refractivity contribution in [1.82, 2.24) is 15.5 Å². The van der Waals surface area contributed by atoms with Crippen LogP contribution < -0.4 is 10.6 Å². The number of aromatic amines is 1. The summed E-state index contributed by atoms with van der Waals surface area (Å²) in [6.07, 6.45) is 1.83. The summed E-state index contributed by atoms with van der Waals surface area (Å²) in [5.41, 5.74) is 2.08. The van der Waals surface area contributed by atoms with E-state index in [0.29, 0.717) is 0 Å². The number of aromatic nitrogens is 2. The fraction of sp³-hybridized carbons (Fsp3) is 0.200. The van der Waals surface area contributed by atoms with Crippen LogP contribution in [0.1, 0.15) is 0 Å². The van der Waals surface area contributed by atoms with E-state index in [-0.39, 0.29) is 0 Å². The number of rotatable bonds is 1. The van der Waals surface area contributed by atoms with Crippen molar-refractivity contribution in [3.05, 3.63) is 21.9 Å². The van der Waals surface area contributed by atoms with E-state index in [1.807, 2.05) is 12.3 Å². The van der Waals surface area contributed by atoms with Crippen LogP contribution in [0, 0.1) is 3.57 Å². The van der Waals surface area contributed by atoms with E-state index in [4.69, 9.17) is 0 Å². The number of hydrogen-bond donors (Lipinski definition) is 3.